The van der Waals surface area contributed by atoms with Crippen molar-refractivity contribution in [3.63, 3.8) is 0 Å². The lowest BCUT2D eigenvalue weighted by atomic mass is 10.0. The average molecular weight is 508 g/mol. The van der Waals surface area contributed by atoms with Crippen molar-refractivity contribution >= 4 is 34.3 Å². The molecular weight excluding hydrogens is 483 g/mol. The van der Waals surface area contributed by atoms with Crippen LogP contribution < -0.4 is 14.7 Å². The van der Waals surface area contributed by atoms with Gasteiger partial charge in [0.15, 0.2) is 11.3 Å². The zero-order chi connectivity index (χ0) is 24.6. The molecule has 2 saturated heterocycles. The third kappa shape index (κ3) is 4.75. The van der Waals surface area contributed by atoms with Gasteiger partial charge in [-0.2, -0.15) is 16.7 Å². The standard InChI is InChI=1S/C23H24F3N5O3S/c1-13(15-3-2-4-16(19(15)24)20(25)26)29-21-17-9-18(31(32)5-7-35-8-6-31)23(34-14-10-33-11-14)30-22(17)28-12-27-21/h2-4,9,12-14,20H,5-8,10-11H2,1H3,(H,27,28,29,30)/t13-/m1/s1. The van der Waals surface area contributed by atoms with Gasteiger partial charge in [-0.05, 0) is 6.92 Å². The van der Waals surface area contributed by atoms with Gasteiger partial charge in [0.2, 0.25) is 0 Å². The fourth-order valence-corrected chi connectivity index (χ4v) is 5.18. The maximum Gasteiger partial charge on any atom is 0.279 e. The molecule has 0 aliphatic carbocycles. The van der Waals surface area contributed by atoms with Gasteiger partial charge in [0.05, 0.1) is 43.3 Å². The number of nitrogens with zero attached hydrogens (tertiary/aromatic N) is 4. The molecule has 2 fully saturated rings. The van der Waals surface area contributed by atoms with E-state index in [-0.39, 0.29) is 17.5 Å². The second kappa shape index (κ2) is 9.76. The third-order valence-electron chi connectivity index (χ3n) is 6.20. The fourth-order valence-electron chi connectivity index (χ4n) is 4.13. The van der Waals surface area contributed by atoms with Crippen molar-refractivity contribution in [1.82, 2.24) is 19.6 Å². The number of thioether (sulfide) groups is 1. The van der Waals surface area contributed by atoms with Crippen LogP contribution in [0.3, 0.4) is 0 Å². The van der Waals surface area contributed by atoms with E-state index in [0.717, 1.165) is 6.07 Å². The highest BCUT2D eigenvalue weighted by molar-refractivity contribution is 7.99. The first kappa shape index (κ1) is 24.0. The van der Waals surface area contributed by atoms with E-state index < -0.39 is 28.5 Å². The number of alkyl halides is 2. The maximum atomic E-state index is 14.7. The molecule has 0 saturated carbocycles. The van der Waals surface area contributed by atoms with E-state index >= 15 is 0 Å². The lowest BCUT2D eigenvalue weighted by Crippen LogP contribution is -2.50. The van der Waals surface area contributed by atoms with Gasteiger partial charge in [-0.3, -0.25) is 0 Å². The lowest BCUT2D eigenvalue weighted by molar-refractivity contribution is -0.0814. The van der Waals surface area contributed by atoms with Crippen molar-refractivity contribution < 1.29 is 22.6 Å². The fraction of sp³-hybridized carbons (Fsp3) is 0.435. The van der Waals surface area contributed by atoms with E-state index in [2.05, 4.69) is 20.3 Å². The molecule has 1 N–H and O–H groups in total. The number of nitrogens with one attached hydrogen (secondary N) is 1. The van der Waals surface area contributed by atoms with Crippen LogP contribution >= 0.6 is 11.8 Å². The first-order valence-corrected chi connectivity index (χ1v) is 12.4. The van der Waals surface area contributed by atoms with Crippen molar-refractivity contribution in [2.45, 2.75) is 25.5 Å². The molecular formula is C23H24F3N5O3S. The van der Waals surface area contributed by atoms with Gasteiger partial charge in [-0.1, -0.05) is 18.2 Å². The number of fused-ring (bicyclic) bond motifs is 1. The average Bonchev–Trinajstić information content (AvgIpc) is 2.81. The highest BCUT2D eigenvalue weighted by atomic mass is 32.2. The first-order valence-electron chi connectivity index (χ1n) is 11.3. The summed E-state index contributed by atoms with van der Waals surface area (Å²) in [6.07, 6.45) is -1.81. The van der Waals surface area contributed by atoms with E-state index in [4.69, 9.17) is 9.47 Å². The number of hydrogen-bond donors (Lipinski definition) is 1. The molecule has 12 heteroatoms. The smallest absolute Gasteiger partial charge is 0.279 e. The van der Waals surface area contributed by atoms with Gasteiger partial charge in [-0.25, -0.2) is 23.1 Å². The maximum absolute atomic E-state index is 14.7. The van der Waals surface area contributed by atoms with Crippen molar-refractivity contribution in [3.8, 4) is 5.88 Å². The van der Waals surface area contributed by atoms with Gasteiger partial charge in [0.1, 0.15) is 24.1 Å². The minimum atomic E-state index is -2.92. The van der Waals surface area contributed by atoms with Crippen LogP contribution in [-0.4, -0.2) is 58.9 Å². The number of anilines is 1. The number of aromatic nitrogens is 3. The molecule has 0 spiro atoms. The first-order chi connectivity index (χ1) is 16.9. The Morgan fingerprint density at radius 2 is 1.94 bits per heavy atom. The van der Waals surface area contributed by atoms with Crippen LogP contribution in [0.2, 0.25) is 0 Å². The Morgan fingerprint density at radius 3 is 2.63 bits per heavy atom. The van der Waals surface area contributed by atoms with Crippen LogP contribution in [0.15, 0.2) is 30.6 Å². The predicted molar refractivity (Wildman–Crippen MR) is 128 cm³/mol. The van der Waals surface area contributed by atoms with E-state index in [1.807, 2.05) is 0 Å². The Balaban J connectivity index is 1.54. The van der Waals surface area contributed by atoms with Gasteiger partial charge >= 0.3 is 0 Å². The zero-order valence-electron chi connectivity index (χ0n) is 18.9. The molecule has 0 radical (unpaired) electrons. The van der Waals surface area contributed by atoms with Gasteiger partial charge in [0, 0.05) is 23.1 Å². The van der Waals surface area contributed by atoms with Gasteiger partial charge in [-0.15, -0.1) is 0 Å². The molecule has 1 atom stereocenters. The van der Waals surface area contributed by atoms with Gasteiger partial charge in [0.25, 0.3) is 12.3 Å². The van der Waals surface area contributed by atoms with Crippen molar-refractivity contribution in [2.24, 2.45) is 0 Å². The summed E-state index contributed by atoms with van der Waals surface area (Å²) in [6.45, 7) is 3.23. The number of halogens is 3. The molecule has 0 unspecified atom stereocenters. The molecule has 2 aliphatic heterocycles. The Labute approximate surface area is 204 Å². The van der Waals surface area contributed by atoms with Crippen molar-refractivity contribution in [3.05, 3.63) is 52.7 Å². The predicted octanol–water partition coefficient (Wildman–Crippen LogP) is 4.60. The highest BCUT2D eigenvalue weighted by Crippen LogP contribution is 2.39. The number of ether oxygens (including phenoxy) is 2. The van der Waals surface area contributed by atoms with Crippen LogP contribution in [0.1, 0.15) is 30.5 Å². The molecule has 2 aromatic heterocycles. The number of quaternary nitrogens is 1. The van der Waals surface area contributed by atoms with Crippen LogP contribution in [-0.2, 0) is 4.74 Å². The zero-order valence-corrected chi connectivity index (χ0v) is 19.7. The quantitative estimate of drug-likeness (QED) is 0.366. The molecule has 8 nitrogen and oxygen atoms in total. The van der Waals surface area contributed by atoms with Crippen LogP contribution in [0.25, 0.3) is 11.0 Å². The SMILES string of the molecule is C[C@@H](Nc1ncnc2nc(OC3COC3)c([N+]3([O-])CCSCC3)cc12)c1cccc(C(F)F)c1F. The van der Waals surface area contributed by atoms with E-state index in [1.54, 1.807) is 24.8 Å². The molecule has 2 aliphatic rings. The molecule has 0 bridgehead atoms. The summed E-state index contributed by atoms with van der Waals surface area (Å²) in [5.41, 5.74) is 0.0952. The monoisotopic (exact) mass is 507 g/mol. The molecule has 0 amide bonds. The number of rotatable bonds is 7. The van der Waals surface area contributed by atoms with Crippen LogP contribution in [0, 0.1) is 11.0 Å². The number of pyridine rings is 1. The van der Waals surface area contributed by atoms with E-state index in [9.17, 15) is 18.4 Å². The molecule has 3 aromatic rings. The summed E-state index contributed by atoms with van der Waals surface area (Å²) in [5.74, 6) is 0.991. The third-order valence-corrected chi connectivity index (χ3v) is 7.14. The molecule has 186 valence electrons. The molecule has 4 heterocycles. The summed E-state index contributed by atoms with van der Waals surface area (Å²) in [5, 5.41) is 17.3. The topological polar surface area (TPSA) is 92.2 Å². The molecule has 35 heavy (non-hydrogen) atoms. The highest BCUT2D eigenvalue weighted by Gasteiger charge is 2.33. The van der Waals surface area contributed by atoms with Crippen molar-refractivity contribution in [1.29, 1.82) is 0 Å². The summed E-state index contributed by atoms with van der Waals surface area (Å²) in [7, 11) is 0. The largest absolute Gasteiger partial charge is 0.627 e. The second-order valence-electron chi connectivity index (χ2n) is 8.55. The molecule has 5 rings (SSSR count). The summed E-state index contributed by atoms with van der Waals surface area (Å²) in [6, 6.07) is 4.89. The minimum Gasteiger partial charge on any atom is -0.627 e. The molecule has 1 aromatic carbocycles. The minimum absolute atomic E-state index is 0.0769. The Bertz CT molecular complexity index is 1220. The van der Waals surface area contributed by atoms with Crippen LogP contribution in [0.4, 0.5) is 24.7 Å². The Kier molecular flexibility index (Phi) is 6.71. The number of hydrogen-bond acceptors (Lipinski definition) is 8. The lowest BCUT2D eigenvalue weighted by Gasteiger charge is -2.45. The van der Waals surface area contributed by atoms with Crippen LogP contribution in [0.5, 0.6) is 5.88 Å². The van der Waals surface area contributed by atoms with E-state index in [1.165, 1.54) is 18.5 Å². The van der Waals surface area contributed by atoms with Gasteiger partial charge < -0.3 is 24.6 Å². The Morgan fingerprint density at radius 1 is 1.20 bits per heavy atom. The number of benzene rings is 1. The van der Waals surface area contributed by atoms with Crippen molar-refractivity contribution in [2.75, 3.05) is 43.1 Å². The number of hydroxylamine groups is 2. The normalized spacial score (nSPS) is 18.9. The summed E-state index contributed by atoms with van der Waals surface area (Å²) < 4.78 is 51.7. The summed E-state index contributed by atoms with van der Waals surface area (Å²) >= 11 is 1.72. The Hall–Kier alpha value is -2.67. The summed E-state index contributed by atoms with van der Waals surface area (Å²) in [4.78, 5) is 13.1. The second-order valence-corrected chi connectivity index (χ2v) is 9.77. The van der Waals surface area contributed by atoms with E-state index in [0.29, 0.717) is 60.3 Å².